The van der Waals surface area contributed by atoms with Gasteiger partial charge in [-0.2, -0.15) is 4.98 Å². The number of nitrogen functional groups attached to an aromatic ring is 1. The Morgan fingerprint density at radius 2 is 1.86 bits per heavy atom. The molecule has 0 atom stereocenters. The zero-order valence-corrected chi connectivity index (χ0v) is 8.75. The molecule has 0 amide bonds. The number of hydrogen-bond acceptors (Lipinski definition) is 3. The molecule has 0 unspecified atom stereocenters. The van der Waals surface area contributed by atoms with Gasteiger partial charge in [0.1, 0.15) is 5.76 Å². The smallest absolute Gasteiger partial charge is 0.292 e. The normalized spacial score (nSPS) is 19.5. The van der Waals surface area contributed by atoms with Crippen molar-refractivity contribution in [2.45, 2.75) is 51.4 Å². The van der Waals surface area contributed by atoms with Crippen molar-refractivity contribution in [2.24, 2.45) is 0 Å². The zero-order chi connectivity index (χ0) is 9.97. The molecule has 1 saturated carbocycles. The molecule has 0 aliphatic heterocycles. The van der Waals surface area contributed by atoms with E-state index in [1.54, 1.807) is 0 Å². The van der Waals surface area contributed by atoms with Gasteiger partial charge in [0.2, 0.25) is 0 Å². The molecule has 1 aliphatic carbocycles. The van der Waals surface area contributed by atoms with E-state index in [4.69, 9.17) is 10.2 Å². The third-order valence-electron chi connectivity index (χ3n) is 3.07. The first kappa shape index (κ1) is 9.56. The quantitative estimate of drug-likeness (QED) is 0.699. The minimum atomic E-state index is 0.321. The molecular formula is C11H18N2O. The molecule has 0 aromatic carbocycles. The summed E-state index contributed by atoms with van der Waals surface area (Å²) in [5.74, 6) is 1.59. The Labute approximate surface area is 84.7 Å². The molecule has 3 heteroatoms. The predicted octanol–water partition coefficient (Wildman–Crippen LogP) is 3.00. The summed E-state index contributed by atoms with van der Waals surface area (Å²) in [7, 11) is 0. The van der Waals surface area contributed by atoms with E-state index in [0.29, 0.717) is 11.9 Å². The lowest BCUT2D eigenvalue weighted by atomic mass is 9.96. The lowest BCUT2D eigenvalue weighted by Gasteiger charge is -2.10. The van der Waals surface area contributed by atoms with Crippen molar-refractivity contribution in [3.63, 3.8) is 0 Å². The Morgan fingerprint density at radius 1 is 1.21 bits per heavy atom. The van der Waals surface area contributed by atoms with Gasteiger partial charge in [-0.15, -0.1) is 0 Å². The fourth-order valence-electron chi connectivity index (χ4n) is 2.35. The largest absolute Gasteiger partial charge is 0.428 e. The van der Waals surface area contributed by atoms with E-state index in [-0.39, 0.29) is 0 Å². The fraction of sp³-hybridized carbons (Fsp3) is 0.727. The van der Waals surface area contributed by atoms with Crippen LogP contribution in [0.25, 0.3) is 0 Å². The van der Waals surface area contributed by atoms with Gasteiger partial charge in [0, 0.05) is 5.92 Å². The zero-order valence-electron chi connectivity index (χ0n) is 8.75. The molecule has 0 saturated heterocycles. The maximum absolute atomic E-state index is 5.55. The van der Waals surface area contributed by atoms with E-state index in [1.807, 2.05) is 6.92 Å². The van der Waals surface area contributed by atoms with Crippen LogP contribution in [0.2, 0.25) is 0 Å². The maximum atomic E-state index is 5.55. The monoisotopic (exact) mass is 194 g/mol. The van der Waals surface area contributed by atoms with Crippen LogP contribution in [0.4, 0.5) is 6.01 Å². The molecule has 1 aromatic heterocycles. The van der Waals surface area contributed by atoms with Crippen LogP contribution >= 0.6 is 0 Å². The van der Waals surface area contributed by atoms with Crippen LogP contribution < -0.4 is 5.73 Å². The molecule has 14 heavy (non-hydrogen) atoms. The highest BCUT2D eigenvalue weighted by atomic mass is 16.4. The first-order valence-corrected chi connectivity index (χ1v) is 5.50. The molecule has 1 aliphatic rings. The third kappa shape index (κ3) is 1.91. The van der Waals surface area contributed by atoms with Gasteiger partial charge in [-0.25, -0.2) is 0 Å². The van der Waals surface area contributed by atoms with Crippen molar-refractivity contribution >= 4 is 6.01 Å². The summed E-state index contributed by atoms with van der Waals surface area (Å²) in [5, 5.41) is 0. The van der Waals surface area contributed by atoms with E-state index in [0.717, 1.165) is 11.5 Å². The minimum Gasteiger partial charge on any atom is -0.428 e. The van der Waals surface area contributed by atoms with Crippen LogP contribution in [0.1, 0.15) is 55.9 Å². The Balaban J connectivity index is 2.15. The van der Waals surface area contributed by atoms with Gasteiger partial charge < -0.3 is 10.2 Å². The molecule has 1 aromatic rings. The summed E-state index contributed by atoms with van der Waals surface area (Å²) in [4.78, 5) is 4.13. The highest BCUT2D eigenvalue weighted by Gasteiger charge is 2.20. The standard InChI is InChI=1S/C11H18N2O/c1-8-10(14-11(12)13-8)9-6-4-2-3-5-7-9/h9H,2-7H2,1H3,(H2,12,13). The summed E-state index contributed by atoms with van der Waals surface area (Å²) >= 11 is 0. The summed E-state index contributed by atoms with van der Waals surface area (Å²) in [6.45, 7) is 1.99. The van der Waals surface area contributed by atoms with Gasteiger partial charge in [-0.3, -0.25) is 0 Å². The Hall–Kier alpha value is -0.990. The molecule has 0 radical (unpaired) electrons. The highest BCUT2D eigenvalue weighted by molar-refractivity contribution is 5.21. The first-order valence-electron chi connectivity index (χ1n) is 5.50. The van der Waals surface area contributed by atoms with Crippen LogP contribution in [0, 0.1) is 6.92 Å². The minimum absolute atomic E-state index is 0.321. The SMILES string of the molecule is Cc1nc(N)oc1C1CCCCCC1. The Morgan fingerprint density at radius 3 is 2.36 bits per heavy atom. The average molecular weight is 194 g/mol. The second kappa shape index (κ2) is 4.03. The van der Waals surface area contributed by atoms with Gasteiger partial charge in [0.25, 0.3) is 6.01 Å². The molecule has 2 rings (SSSR count). The van der Waals surface area contributed by atoms with Gasteiger partial charge in [-0.1, -0.05) is 25.7 Å². The van der Waals surface area contributed by atoms with Crippen LogP contribution in [-0.4, -0.2) is 4.98 Å². The van der Waals surface area contributed by atoms with Crippen molar-refractivity contribution in [1.29, 1.82) is 0 Å². The molecule has 1 fully saturated rings. The lowest BCUT2D eigenvalue weighted by Crippen LogP contribution is -1.97. The number of rotatable bonds is 1. The highest BCUT2D eigenvalue weighted by Crippen LogP contribution is 2.33. The summed E-state index contributed by atoms with van der Waals surface area (Å²) in [5.41, 5.74) is 6.53. The topological polar surface area (TPSA) is 52.0 Å². The predicted molar refractivity (Wildman–Crippen MR) is 56.1 cm³/mol. The number of hydrogen-bond donors (Lipinski definition) is 1. The van der Waals surface area contributed by atoms with Gasteiger partial charge in [0.05, 0.1) is 5.69 Å². The Kier molecular flexibility index (Phi) is 2.75. The van der Waals surface area contributed by atoms with Crippen LogP contribution in [0.15, 0.2) is 4.42 Å². The summed E-state index contributed by atoms with van der Waals surface area (Å²) in [6, 6.07) is 0.321. The van der Waals surface area contributed by atoms with Crippen molar-refractivity contribution in [3.05, 3.63) is 11.5 Å². The van der Waals surface area contributed by atoms with Crippen molar-refractivity contribution in [1.82, 2.24) is 4.98 Å². The van der Waals surface area contributed by atoms with E-state index in [1.165, 1.54) is 38.5 Å². The number of anilines is 1. The van der Waals surface area contributed by atoms with Crippen LogP contribution in [0.3, 0.4) is 0 Å². The van der Waals surface area contributed by atoms with Crippen molar-refractivity contribution in [3.8, 4) is 0 Å². The van der Waals surface area contributed by atoms with E-state index in [9.17, 15) is 0 Å². The van der Waals surface area contributed by atoms with Crippen molar-refractivity contribution in [2.75, 3.05) is 5.73 Å². The molecule has 2 N–H and O–H groups in total. The lowest BCUT2D eigenvalue weighted by molar-refractivity contribution is 0.441. The molecule has 1 heterocycles. The number of nitrogens with zero attached hydrogens (tertiary/aromatic N) is 1. The molecule has 3 nitrogen and oxygen atoms in total. The summed E-state index contributed by atoms with van der Waals surface area (Å²) < 4.78 is 5.48. The van der Waals surface area contributed by atoms with Gasteiger partial charge in [0.15, 0.2) is 0 Å². The molecule has 78 valence electrons. The number of nitrogens with two attached hydrogens (primary N) is 1. The van der Waals surface area contributed by atoms with Crippen LogP contribution in [0.5, 0.6) is 0 Å². The average Bonchev–Trinajstić information content (AvgIpc) is 2.43. The van der Waals surface area contributed by atoms with Crippen molar-refractivity contribution < 1.29 is 4.42 Å². The third-order valence-corrected chi connectivity index (χ3v) is 3.07. The fourth-order valence-corrected chi connectivity index (χ4v) is 2.35. The maximum Gasteiger partial charge on any atom is 0.292 e. The number of aryl methyl sites for hydroxylation is 1. The Bertz CT molecular complexity index is 298. The number of aromatic nitrogens is 1. The van der Waals surface area contributed by atoms with E-state index in [2.05, 4.69) is 4.98 Å². The molecule has 0 bridgehead atoms. The number of oxazole rings is 1. The second-order valence-corrected chi connectivity index (χ2v) is 4.19. The first-order chi connectivity index (χ1) is 6.77. The van der Waals surface area contributed by atoms with E-state index >= 15 is 0 Å². The van der Waals surface area contributed by atoms with Crippen LogP contribution in [-0.2, 0) is 0 Å². The second-order valence-electron chi connectivity index (χ2n) is 4.19. The van der Waals surface area contributed by atoms with E-state index < -0.39 is 0 Å². The molecular weight excluding hydrogens is 176 g/mol. The van der Waals surface area contributed by atoms with Gasteiger partial charge in [-0.05, 0) is 19.8 Å². The summed E-state index contributed by atoms with van der Waals surface area (Å²) in [6.07, 6.45) is 7.80. The van der Waals surface area contributed by atoms with Gasteiger partial charge >= 0.3 is 0 Å². The molecule has 0 spiro atoms.